The first-order valence-electron chi connectivity index (χ1n) is 6.07. The molecular formula is C13H17ClFNO. The van der Waals surface area contributed by atoms with Crippen LogP contribution in [0.2, 0.25) is 5.02 Å². The van der Waals surface area contributed by atoms with Gasteiger partial charge in [-0.25, -0.2) is 4.39 Å². The van der Waals surface area contributed by atoms with E-state index in [-0.39, 0.29) is 17.2 Å². The molecule has 0 saturated carbocycles. The fourth-order valence-electron chi connectivity index (χ4n) is 2.19. The van der Waals surface area contributed by atoms with Gasteiger partial charge in [-0.05, 0) is 25.5 Å². The van der Waals surface area contributed by atoms with E-state index in [0.29, 0.717) is 5.75 Å². The molecule has 1 heterocycles. The summed E-state index contributed by atoms with van der Waals surface area (Å²) >= 11 is 5.76. The highest BCUT2D eigenvalue weighted by molar-refractivity contribution is 6.30. The molecule has 2 nitrogen and oxygen atoms in total. The Balaban J connectivity index is 2.32. The molecule has 0 radical (unpaired) electrons. The van der Waals surface area contributed by atoms with Crippen molar-refractivity contribution >= 4 is 11.6 Å². The molecule has 2 rings (SSSR count). The third-order valence-corrected chi connectivity index (χ3v) is 3.37. The Morgan fingerprint density at radius 2 is 2.18 bits per heavy atom. The minimum Gasteiger partial charge on any atom is -0.485 e. The van der Waals surface area contributed by atoms with Crippen molar-refractivity contribution in [1.82, 2.24) is 5.32 Å². The SMILES string of the molecule is CCCNC1c2ccc(Cl)c(F)c2OC1CC. The average molecular weight is 258 g/mol. The molecule has 1 aromatic rings. The van der Waals surface area contributed by atoms with Gasteiger partial charge in [0.05, 0.1) is 11.1 Å². The van der Waals surface area contributed by atoms with Crippen LogP contribution in [-0.2, 0) is 0 Å². The van der Waals surface area contributed by atoms with Gasteiger partial charge in [0.25, 0.3) is 0 Å². The molecule has 0 saturated heterocycles. The lowest BCUT2D eigenvalue weighted by atomic mass is 10.0. The molecule has 0 aromatic heterocycles. The van der Waals surface area contributed by atoms with Crippen molar-refractivity contribution in [3.05, 3.63) is 28.5 Å². The van der Waals surface area contributed by atoms with Gasteiger partial charge >= 0.3 is 0 Å². The molecule has 2 atom stereocenters. The first-order valence-corrected chi connectivity index (χ1v) is 6.44. The maximum absolute atomic E-state index is 13.8. The topological polar surface area (TPSA) is 21.3 Å². The van der Waals surface area contributed by atoms with Crippen LogP contribution >= 0.6 is 11.6 Å². The Bertz CT molecular complexity index is 411. The van der Waals surface area contributed by atoms with E-state index in [2.05, 4.69) is 12.2 Å². The Morgan fingerprint density at radius 1 is 1.41 bits per heavy atom. The zero-order valence-corrected chi connectivity index (χ0v) is 10.9. The highest BCUT2D eigenvalue weighted by Gasteiger charge is 2.35. The van der Waals surface area contributed by atoms with Crippen molar-refractivity contribution in [3.8, 4) is 5.75 Å². The second-order valence-corrected chi connectivity index (χ2v) is 4.68. The zero-order valence-electron chi connectivity index (χ0n) is 10.1. The fraction of sp³-hybridized carbons (Fsp3) is 0.538. The van der Waals surface area contributed by atoms with Crippen molar-refractivity contribution in [2.75, 3.05) is 6.54 Å². The van der Waals surface area contributed by atoms with Crippen LogP contribution in [0.1, 0.15) is 38.3 Å². The summed E-state index contributed by atoms with van der Waals surface area (Å²) in [6.07, 6.45) is 1.87. The number of ether oxygens (including phenoxy) is 1. The largest absolute Gasteiger partial charge is 0.485 e. The number of fused-ring (bicyclic) bond motifs is 1. The minimum absolute atomic E-state index is 0.00971. The van der Waals surface area contributed by atoms with Crippen LogP contribution < -0.4 is 10.1 Å². The molecule has 1 aliphatic heterocycles. The van der Waals surface area contributed by atoms with Crippen LogP contribution in [-0.4, -0.2) is 12.6 Å². The summed E-state index contributed by atoms with van der Waals surface area (Å²) in [7, 11) is 0. The van der Waals surface area contributed by atoms with E-state index >= 15 is 0 Å². The summed E-state index contributed by atoms with van der Waals surface area (Å²) in [5.41, 5.74) is 0.882. The molecule has 1 N–H and O–H groups in total. The Kier molecular flexibility index (Phi) is 3.89. The molecule has 17 heavy (non-hydrogen) atoms. The number of hydrogen-bond donors (Lipinski definition) is 1. The van der Waals surface area contributed by atoms with Crippen LogP contribution in [0.3, 0.4) is 0 Å². The minimum atomic E-state index is -0.441. The van der Waals surface area contributed by atoms with Crippen LogP contribution in [0.25, 0.3) is 0 Å². The summed E-state index contributed by atoms with van der Waals surface area (Å²) < 4.78 is 19.5. The second-order valence-electron chi connectivity index (χ2n) is 4.28. The quantitative estimate of drug-likeness (QED) is 0.888. The maximum atomic E-state index is 13.8. The van der Waals surface area contributed by atoms with Crippen molar-refractivity contribution in [3.63, 3.8) is 0 Å². The Hall–Kier alpha value is -0.800. The first kappa shape index (κ1) is 12.7. The van der Waals surface area contributed by atoms with Gasteiger partial charge in [0.2, 0.25) is 0 Å². The van der Waals surface area contributed by atoms with E-state index in [1.54, 1.807) is 6.07 Å². The van der Waals surface area contributed by atoms with Crippen molar-refractivity contribution in [1.29, 1.82) is 0 Å². The van der Waals surface area contributed by atoms with Gasteiger partial charge in [-0.1, -0.05) is 31.5 Å². The number of benzene rings is 1. The average Bonchev–Trinajstić information content (AvgIpc) is 2.70. The van der Waals surface area contributed by atoms with E-state index < -0.39 is 5.82 Å². The van der Waals surface area contributed by atoms with Crippen molar-refractivity contribution in [2.45, 2.75) is 38.8 Å². The van der Waals surface area contributed by atoms with Crippen LogP contribution in [0.4, 0.5) is 4.39 Å². The van der Waals surface area contributed by atoms with E-state index in [1.165, 1.54) is 0 Å². The van der Waals surface area contributed by atoms with Gasteiger partial charge in [0.15, 0.2) is 11.6 Å². The standard InChI is InChI=1S/C13H17ClFNO/c1-3-7-16-12-8-5-6-9(14)11(15)13(8)17-10(12)4-2/h5-6,10,12,16H,3-4,7H2,1-2H3. The highest BCUT2D eigenvalue weighted by Crippen LogP contribution is 2.41. The van der Waals surface area contributed by atoms with Crippen LogP contribution in [0.5, 0.6) is 5.75 Å². The zero-order chi connectivity index (χ0) is 12.4. The molecule has 0 spiro atoms. The van der Waals surface area contributed by atoms with Gasteiger partial charge in [-0.2, -0.15) is 0 Å². The molecule has 4 heteroatoms. The smallest absolute Gasteiger partial charge is 0.183 e. The number of nitrogens with one attached hydrogen (secondary N) is 1. The third-order valence-electron chi connectivity index (χ3n) is 3.07. The molecule has 0 fully saturated rings. The molecule has 0 aliphatic carbocycles. The van der Waals surface area contributed by atoms with Crippen molar-refractivity contribution in [2.24, 2.45) is 0 Å². The van der Waals surface area contributed by atoms with E-state index in [9.17, 15) is 4.39 Å². The van der Waals surface area contributed by atoms with E-state index in [4.69, 9.17) is 16.3 Å². The Morgan fingerprint density at radius 3 is 2.82 bits per heavy atom. The van der Waals surface area contributed by atoms with Gasteiger partial charge in [0, 0.05) is 5.56 Å². The van der Waals surface area contributed by atoms with E-state index in [0.717, 1.165) is 24.9 Å². The highest BCUT2D eigenvalue weighted by atomic mass is 35.5. The number of halogens is 2. The summed E-state index contributed by atoms with van der Waals surface area (Å²) in [4.78, 5) is 0. The number of rotatable bonds is 4. The molecule has 2 unspecified atom stereocenters. The molecular weight excluding hydrogens is 241 g/mol. The van der Waals surface area contributed by atoms with Gasteiger partial charge in [-0.15, -0.1) is 0 Å². The second kappa shape index (κ2) is 5.23. The predicted molar refractivity (Wildman–Crippen MR) is 67.2 cm³/mol. The Labute approximate surface area is 106 Å². The molecule has 1 aromatic carbocycles. The summed E-state index contributed by atoms with van der Waals surface area (Å²) in [6.45, 7) is 5.04. The van der Waals surface area contributed by atoms with E-state index in [1.807, 2.05) is 13.0 Å². The monoisotopic (exact) mass is 257 g/mol. The lowest BCUT2D eigenvalue weighted by molar-refractivity contribution is 0.180. The molecule has 0 bridgehead atoms. The summed E-state index contributed by atoms with van der Waals surface area (Å²) in [6, 6.07) is 3.52. The fourth-order valence-corrected chi connectivity index (χ4v) is 2.34. The molecule has 1 aliphatic rings. The maximum Gasteiger partial charge on any atom is 0.183 e. The molecule has 0 amide bonds. The van der Waals surface area contributed by atoms with Crippen molar-refractivity contribution < 1.29 is 9.13 Å². The summed E-state index contributed by atoms with van der Waals surface area (Å²) in [5.74, 6) is -0.124. The lowest BCUT2D eigenvalue weighted by Gasteiger charge is -2.18. The normalized spacial score (nSPS) is 22.4. The van der Waals surface area contributed by atoms with Crippen LogP contribution in [0.15, 0.2) is 12.1 Å². The van der Waals surface area contributed by atoms with Crippen LogP contribution in [0, 0.1) is 5.82 Å². The lowest BCUT2D eigenvalue weighted by Crippen LogP contribution is -2.30. The molecule has 94 valence electrons. The first-order chi connectivity index (χ1) is 8.19. The summed E-state index contributed by atoms with van der Waals surface area (Å²) in [5, 5.41) is 3.52. The third kappa shape index (κ3) is 2.26. The van der Waals surface area contributed by atoms with Gasteiger partial charge < -0.3 is 10.1 Å². The van der Waals surface area contributed by atoms with Gasteiger partial charge in [-0.3, -0.25) is 0 Å². The number of hydrogen-bond acceptors (Lipinski definition) is 2. The van der Waals surface area contributed by atoms with Gasteiger partial charge in [0.1, 0.15) is 6.10 Å². The predicted octanol–water partition coefficient (Wildman–Crippen LogP) is 3.69.